The molecule has 0 aromatic carbocycles. The van der Waals surface area contributed by atoms with Gasteiger partial charge in [-0.25, -0.2) is 0 Å². The zero-order valence-corrected chi connectivity index (χ0v) is 8.29. The van der Waals surface area contributed by atoms with Crippen molar-refractivity contribution in [2.75, 3.05) is 13.2 Å². The molecule has 78 valence electrons. The second kappa shape index (κ2) is 3.95. The Hall–Kier alpha value is -0.120. The Morgan fingerprint density at radius 2 is 1.92 bits per heavy atom. The molecule has 1 saturated carbocycles. The number of aliphatic hydroxyl groups excluding tert-OH is 2. The summed E-state index contributed by atoms with van der Waals surface area (Å²) in [6.45, 7) is 1.96. The lowest BCUT2D eigenvalue weighted by Crippen LogP contribution is -2.44. The third-order valence-electron chi connectivity index (χ3n) is 3.58. The maximum atomic E-state index is 10.1. The molecule has 0 saturated heterocycles. The summed E-state index contributed by atoms with van der Waals surface area (Å²) in [5.74, 6) is 0. The van der Waals surface area contributed by atoms with Crippen molar-refractivity contribution in [2.24, 2.45) is 5.41 Å². The maximum absolute atomic E-state index is 10.1. The molecule has 1 rings (SSSR count). The number of aliphatic hydroxyl groups is 3. The molecule has 0 spiro atoms. The quantitative estimate of drug-likeness (QED) is 0.608. The summed E-state index contributed by atoms with van der Waals surface area (Å²) in [6.07, 6.45) is 3.98. The van der Waals surface area contributed by atoms with Crippen LogP contribution in [0.5, 0.6) is 0 Å². The Bertz CT molecular complexity index is 168. The van der Waals surface area contributed by atoms with Crippen LogP contribution in [-0.4, -0.2) is 34.1 Å². The molecule has 0 radical (unpaired) electrons. The van der Waals surface area contributed by atoms with E-state index in [4.69, 9.17) is 5.11 Å². The minimum atomic E-state index is -0.753. The molecule has 0 unspecified atom stereocenters. The van der Waals surface area contributed by atoms with Crippen LogP contribution in [0, 0.1) is 5.41 Å². The van der Waals surface area contributed by atoms with Crippen LogP contribution in [0.25, 0.3) is 0 Å². The van der Waals surface area contributed by atoms with Crippen LogP contribution in [0.3, 0.4) is 0 Å². The highest BCUT2D eigenvalue weighted by Gasteiger charge is 2.49. The smallest absolute Gasteiger partial charge is 0.0697 e. The van der Waals surface area contributed by atoms with Gasteiger partial charge in [0.1, 0.15) is 0 Å². The van der Waals surface area contributed by atoms with Gasteiger partial charge in [-0.2, -0.15) is 0 Å². The first-order chi connectivity index (χ1) is 6.08. The van der Waals surface area contributed by atoms with E-state index in [2.05, 4.69) is 0 Å². The van der Waals surface area contributed by atoms with E-state index in [0.717, 1.165) is 19.3 Å². The molecule has 3 nitrogen and oxygen atoms in total. The van der Waals surface area contributed by atoms with Crippen LogP contribution >= 0.6 is 0 Å². The predicted molar refractivity (Wildman–Crippen MR) is 50.3 cm³/mol. The average molecular weight is 188 g/mol. The van der Waals surface area contributed by atoms with Crippen LogP contribution in [-0.2, 0) is 0 Å². The Kier molecular flexibility index (Phi) is 3.33. The van der Waals surface area contributed by atoms with Gasteiger partial charge in [-0.15, -0.1) is 0 Å². The maximum Gasteiger partial charge on any atom is 0.0697 e. The molecule has 0 amide bonds. The molecule has 0 bridgehead atoms. The number of hydrogen-bond donors (Lipinski definition) is 3. The molecule has 3 N–H and O–H groups in total. The van der Waals surface area contributed by atoms with Crippen LogP contribution in [0.4, 0.5) is 0 Å². The van der Waals surface area contributed by atoms with Crippen LogP contribution in [0.2, 0.25) is 0 Å². The molecule has 0 aromatic rings. The minimum absolute atomic E-state index is 0.0278. The molecule has 1 aliphatic carbocycles. The Morgan fingerprint density at radius 3 is 2.31 bits per heavy atom. The second-order valence-corrected chi connectivity index (χ2v) is 4.39. The highest BCUT2D eigenvalue weighted by Crippen LogP contribution is 2.48. The molecule has 3 heteroatoms. The first-order valence-corrected chi connectivity index (χ1v) is 5.02. The molecule has 0 aliphatic heterocycles. The van der Waals surface area contributed by atoms with Gasteiger partial charge in [-0.05, 0) is 39.0 Å². The van der Waals surface area contributed by atoms with Crippen LogP contribution in [0.1, 0.15) is 39.0 Å². The van der Waals surface area contributed by atoms with E-state index in [1.54, 1.807) is 6.92 Å². The standard InChI is InChI=1S/C10H20O3/c1-9(13)4-2-5-10(9,8-12)6-3-7-11/h11-13H,2-8H2,1H3/t9-,10+/m1/s1. The molecule has 1 aliphatic rings. The highest BCUT2D eigenvalue weighted by atomic mass is 16.3. The summed E-state index contributed by atoms with van der Waals surface area (Å²) in [5.41, 5.74) is -1.12. The van der Waals surface area contributed by atoms with Gasteiger partial charge in [0.25, 0.3) is 0 Å². The van der Waals surface area contributed by atoms with Crippen molar-refractivity contribution in [2.45, 2.75) is 44.6 Å². The van der Waals surface area contributed by atoms with Gasteiger partial charge in [0.2, 0.25) is 0 Å². The zero-order chi connectivity index (χ0) is 9.95. The minimum Gasteiger partial charge on any atom is -0.396 e. The van der Waals surface area contributed by atoms with Crippen molar-refractivity contribution in [3.8, 4) is 0 Å². The fraction of sp³-hybridized carbons (Fsp3) is 1.00. The van der Waals surface area contributed by atoms with E-state index in [9.17, 15) is 10.2 Å². The van der Waals surface area contributed by atoms with Crippen LogP contribution in [0.15, 0.2) is 0 Å². The monoisotopic (exact) mass is 188 g/mol. The van der Waals surface area contributed by atoms with E-state index in [0.29, 0.717) is 12.8 Å². The SMILES string of the molecule is C[C@@]1(O)CCC[C@@]1(CO)CCCO. The van der Waals surface area contributed by atoms with Gasteiger partial charge in [0.15, 0.2) is 0 Å². The summed E-state index contributed by atoms with van der Waals surface area (Å²) in [6, 6.07) is 0. The fourth-order valence-corrected chi connectivity index (χ4v) is 2.45. The Balaban J connectivity index is 2.67. The second-order valence-electron chi connectivity index (χ2n) is 4.39. The van der Waals surface area contributed by atoms with E-state index in [-0.39, 0.29) is 18.6 Å². The molecular weight excluding hydrogens is 168 g/mol. The lowest BCUT2D eigenvalue weighted by atomic mass is 9.73. The van der Waals surface area contributed by atoms with E-state index < -0.39 is 5.60 Å². The van der Waals surface area contributed by atoms with Crippen molar-refractivity contribution in [3.63, 3.8) is 0 Å². The lowest BCUT2D eigenvalue weighted by molar-refractivity contribution is -0.0803. The van der Waals surface area contributed by atoms with Crippen molar-refractivity contribution >= 4 is 0 Å². The number of rotatable bonds is 4. The highest BCUT2D eigenvalue weighted by molar-refractivity contribution is 5.00. The molecule has 13 heavy (non-hydrogen) atoms. The summed E-state index contributed by atoms with van der Waals surface area (Å²) in [4.78, 5) is 0. The molecule has 1 fully saturated rings. The third-order valence-corrected chi connectivity index (χ3v) is 3.58. The summed E-state index contributed by atoms with van der Waals surface area (Å²) in [7, 11) is 0. The van der Waals surface area contributed by atoms with Crippen molar-refractivity contribution in [1.82, 2.24) is 0 Å². The van der Waals surface area contributed by atoms with Gasteiger partial charge in [0, 0.05) is 12.0 Å². The van der Waals surface area contributed by atoms with E-state index in [1.165, 1.54) is 0 Å². The molecular formula is C10H20O3. The summed E-state index contributed by atoms with van der Waals surface area (Å²) >= 11 is 0. The Morgan fingerprint density at radius 1 is 1.23 bits per heavy atom. The van der Waals surface area contributed by atoms with Crippen molar-refractivity contribution in [1.29, 1.82) is 0 Å². The van der Waals surface area contributed by atoms with Gasteiger partial charge in [0.05, 0.1) is 12.2 Å². The average Bonchev–Trinajstić information content (AvgIpc) is 2.38. The largest absolute Gasteiger partial charge is 0.396 e. The van der Waals surface area contributed by atoms with Gasteiger partial charge in [-0.1, -0.05) is 0 Å². The Labute approximate surface area is 79.4 Å². The van der Waals surface area contributed by atoms with E-state index in [1.807, 2.05) is 0 Å². The normalized spacial score (nSPS) is 39.7. The lowest BCUT2D eigenvalue weighted by Gasteiger charge is -2.38. The van der Waals surface area contributed by atoms with Crippen molar-refractivity contribution in [3.05, 3.63) is 0 Å². The third kappa shape index (κ3) is 1.87. The summed E-state index contributed by atoms with van der Waals surface area (Å²) < 4.78 is 0. The van der Waals surface area contributed by atoms with Gasteiger partial charge in [-0.3, -0.25) is 0 Å². The van der Waals surface area contributed by atoms with Gasteiger partial charge >= 0.3 is 0 Å². The molecule has 0 aromatic heterocycles. The summed E-state index contributed by atoms with van der Waals surface area (Å²) in [5, 5.41) is 28.2. The first kappa shape index (κ1) is 11.0. The van der Waals surface area contributed by atoms with Gasteiger partial charge < -0.3 is 15.3 Å². The van der Waals surface area contributed by atoms with E-state index >= 15 is 0 Å². The number of hydrogen-bond acceptors (Lipinski definition) is 3. The topological polar surface area (TPSA) is 60.7 Å². The van der Waals surface area contributed by atoms with Crippen molar-refractivity contribution < 1.29 is 15.3 Å². The van der Waals surface area contributed by atoms with Crippen LogP contribution < -0.4 is 0 Å². The predicted octanol–water partition coefficient (Wildman–Crippen LogP) is 0.672. The fourth-order valence-electron chi connectivity index (χ4n) is 2.45. The first-order valence-electron chi connectivity index (χ1n) is 5.02. The zero-order valence-electron chi connectivity index (χ0n) is 8.29. The molecule has 0 heterocycles. The molecule has 2 atom stereocenters.